The largest absolute Gasteiger partial charge is 0.416 e. The SMILES string of the molecule is CCN1CCN(c2cc(Nc3ccc(C)c(NC(=O)c4cnc5[nH]ccc5c4)c3)cc(C(F)(F)F)c2)CC1. The summed E-state index contributed by atoms with van der Waals surface area (Å²) in [7, 11) is 0. The zero-order valence-corrected chi connectivity index (χ0v) is 21.2. The number of fused-ring (bicyclic) bond motifs is 1. The summed E-state index contributed by atoms with van der Waals surface area (Å²) in [6.07, 6.45) is -1.22. The minimum atomic E-state index is -4.47. The van der Waals surface area contributed by atoms with Crippen LogP contribution < -0.4 is 15.5 Å². The summed E-state index contributed by atoms with van der Waals surface area (Å²) in [5.41, 5.74) is 3.18. The molecule has 1 aliphatic rings. The molecular weight excluding hydrogens is 493 g/mol. The number of pyridine rings is 1. The Labute approximate surface area is 218 Å². The van der Waals surface area contributed by atoms with Crippen molar-refractivity contribution in [3.63, 3.8) is 0 Å². The number of anilines is 4. The van der Waals surface area contributed by atoms with Crippen molar-refractivity contribution >= 4 is 39.7 Å². The first-order valence-corrected chi connectivity index (χ1v) is 12.5. The van der Waals surface area contributed by atoms with Gasteiger partial charge in [-0.1, -0.05) is 13.0 Å². The number of carbonyl (C=O) groups is 1. The van der Waals surface area contributed by atoms with Gasteiger partial charge in [0.1, 0.15) is 5.65 Å². The molecule has 0 atom stereocenters. The molecule has 0 saturated carbocycles. The molecule has 0 spiro atoms. The van der Waals surface area contributed by atoms with Crippen LogP contribution in [0.15, 0.2) is 60.9 Å². The van der Waals surface area contributed by atoms with Gasteiger partial charge < -0.3 is 25.4 Å². The number of rotatable bonds is 6. The fourth-order valence-corrected chi connectivity index (χ4v) is 4.61. The molecule has 3 heterocycles. The predicted octanol–water partition coefficient (Wildman–Crippen LogP) is 6.03. The van der Waals surface area contributed by atoms with Crippen molar-refractivity contribution in [1.82, 2.24) is 14.9 Å². The predicted molar refractivity (Wildman–Crippen MR) is 144 cm³/mol. The van der Waals surface area contributed by atoms with E-state index >= 15 is 0 Å². The van der Waals surface area contributed by atoms with E-state index in [2.05, 4.69) is 32.4 Å². The lowest BCUT2D eigenvalue weighted by Crippen LogP contribution is -2.46. The maximum Gasteiger partial charge on any atom is 0.416 e. The first kappa shape index (κ1) is 25.6. The lowest BCUT2D eigenvalue weighted by Gasteiger charge is -2.36. The van der Waals surface area contributed by atoms with Crippen LogP contribution in [0.3, 0.4) is 0 Å². The Kier molecular flexibility index (Phi) is 6.98. The van der Waals surface area contributed by atoms with Gasteiger partial charge in [0.2, 0.25) is 0 Å². The summed E-state index contributed by atoms with van der Waals surface area (Å²) in [4.78, 5) is 24.4. The first-order valence-electron chi connectivity index (χ1n) is 12.5. The molecule has 10 heteroatoms. The monoisotopic (exact) mass is 522 g/mol. The Morgan fingerprint density at radius 1 is 1.03 bits per heavy atom. The summed E-state index contributed by atoms with van der Waals surface area (Å²) < 4.78 is 41.3. The standard InChI is InChI=1S/C28H29F3N6O/c1-3-36-8-10-37(11-9-36)24-14-21(28(29,30)31)13-23(15-24)34-22-5-4-18(2)25(16-22)35-27(38)20-12-19-6-7-32-26(19)33-17-20/h4-7,12-17,34H,3,8-11H2,1-2H3,(H,32,33)(H,35,38). The smallest absolute Gasteiger partial charge is 0.369 e. The number of benzene rings is 2. The average molecular weight is 523 g/mol. The zero-order chi connectivity index (χ0) is 26.9. The highest BCUT2D eigenvalue weighted by molar-refractivity contribution is 6.06. The molecule has 7 nitrogen and oxygen atoms in total. The van der Waals surface area contributed by atoms with Crippen molar-refractivity contribution in [1.29, 1.82) is 0 Å². The number of hydrogen-bond donors (Lipinski definition) is 3. The molecule has 0 bridgehead atoms. The lowest BCUT2D eigenvalue weighted by molar-refractivity contribution is -0.137. The Hall–Kier alpha value is -4.05. The highest BCUT2D eigenvalue weighted by Gasteiger charge is 2.32. The second kappa shape index (κ2) is 10.4. The van der Waals surface area contributed by atoms with Crippen LogP contribution in [-0.2, 0) is 6.18 Å². The molecule has 2 aromatic carbocycles. The molecule has 1 amide bonds. The van der Waals surface area contributed by atoms with Crippen LogP contribution in [0.2, 0.25) is 0 Å². The molecule has 0 aliphatic carbocycles. The van der Waals surface area contributed by atoms with Gasteiger partial charge in [-0.15, -0.1) is 0 Å². The van der Waals surface area contributed by atoms with Crippen LogP contribution in [0.1, 0.15) is 28.4 Å². The number of nitrogens with zero attached hydrogens (tertiary/aromatic N) is 3. The van der Waals surface area contributed by atoms with Crippen molar-refractivity contribution in [3.8, 4) is 0 Å². The molecule has 1 saturated heterocycles. The van der Waals surface area contributed by atoms with E-state index in [0.29, 0.717) is 47.0 Å². The van der Waals surface area contributed by atoms with Gasteiger partial charge in [-0.25, -0.2) is 4.98 Å². The number of nitrogens with one attached hydrogen (secondary N) is 3. The molecule has 1 fully saturated rings. The Bertz CT molecular complexity index is 1460. The molecule has 4 aromatic rings. The summed E-state index contributed by atoms with van der Waals surface area (Å²) in [5, 5.41) is 6.83. The van der Waals surface area contributed by atoms with Gasteiger partial charge in [0.25, 0.3) is 5.91 Å². The number of carbonyl (C=O) groups excluding carboxylic acids is 1. The molecule has 0 unspecified atom stereocenters. The van der Waals surface area contributed by atoms with E-state index in [4.69, 9.17) is 0 Å². The van der Waals surface area contributed by atoms with E-state index in [1.54, 1.807) is 30.5 Å². The number of piperazine rings is 1. The fraction of sp³-hybridized carbons (Fsp3) is 0.286. The molecule has 1 aliphatic heterocycles. The minimum Gasteiger partial charge on any atom is -0.369 e. The van der Waals surface area contributed by atoms with Gasteiger partial charge in [0, 0.05) is 66.7 Å². The number of likely N-dealkylation sites (N-methyl/N-ethyl adjacent to an activating group) is 1. The van der Waals surface area contributed by atoms with Crippen LogP contribution in [0.25, 0.3) is 11.0 Å². The van der Waals surface area contributed by atoms with Crippen LogP contribution >= 0.6 is 0 Å². The molecular formula is C28H29F3N6O. The normalized spacial score (nSPS) is 14.6. The number of aromatic nitrogens is 2. The maximum absolute atomic E-state index is 13.8. The van der Waals surface area contributed by atoms with Crippen molar-refractivity contribution < 1.29 is 18.0 Å². The van der Waals surface area contributed by atoms with Gasteiger partial charge in [0.05, 0.1) is 11.1 Å². The minimum absolute atomic E-state index is 0.326. The molecule has 2 aromatic heterocycles. The fourth-order valence-electron chi connectivity index (χ4n) is 4.61. The van der Waals surface area contributed by atoms with Crippen LogP contribution in [0.5, 0.6) is 0 Å². The third-order valence-electron chi connectivity index (χ3n) is 6.87. The van der Waals surface area contributed by atoms with E-state index in [9.17, 15) is 18.0 Å². The van der Waals surface area contributed by atoms with Crippen LogP contribution in [0.4, 0.5) is 35.9 Å². The molecule has 38 heavy (non-hydrogen) atoms. The summed E-state index contributed by atoms with van der Waals surface area (Å²) >= 11 is 0. The topological polar surface area (TPSA) is 76.3 Å². The molecule has 3 N–H and O–H groups in total. The summed E-state index contributed by atoms with van der Waals surface area (Å²) in [6, 6.07) is 13.0. The van der Waals surface area contributed by atoms with Gasteiger partial charge in [-0.05, 0) is 61.5 Å². The molecule has 198 valence electrons. The van der Waals surface area contributed by atoms with Crippen molar-refractivity contribution in [2.24, 2.45) is 0 Å². The van der Waals surface area contributed by atoms with Crippen LogP contribution in [0, 0.1) is 6.92 Å². The lowest BCUT2D eigenvalue weighted by atomic mass is 10.1. The van der Waals surface area contributed by atoms with E-state index < -0.39 is 11.7 Å². The number of H-pyrrole nitrogens is 1. The number of amides is 1. The second-order valence-electron chi connectivity index (χ2n) is 9.44. The first-order chi connectivity index (χ1) is 18.2. The highest BCUT2D eigenvalue weighted by Crippen LogP contribution is 2.36. The van der Waals surface area contributed by atoms with Crippen molar-refractivity contribution in [2.45, 2.75) is 20.0 Å². The number of aromatic amines is 1. The number of aryl methyl sites for hydroxylation is 1. The molecule has 0 radical (unpaired) electrons. The summed E-state index contributed by atoms with van der Waals surface area (Å²) in [6.45, 7) is 7.80. The van der Waals surface area contributed by atoms with E-state index in [-0.39, 0.29) is 5.91 Å². The second-order valence-corrected chi connectivity index (χ2v) is 9.44. The quantitative estimate of drug-likeness (QED) is 0.288. The average Bonchev–Trinajstić information content (AvgIpc) is 3.38. The zero-order valence-electron chi connectivity index (χ0n) is 21.2. The number of alkyl halides is 3. The van der Waals surface area contributed by atoms with E-state index in [1.807, 2.05) is 24.0 Å². The summed E-state index contributed by atoms with van der Waals surface area (Å²) in [5.74, 6) is -0.326. The van der Waals surface area contributed by atoms with Gasteiger partial charge >= 0.3 is 6.18 Å². The van der Waals surface area contributed by atoms with Crippen LogP contribution in [-0.4, -0.2) is 53.5 Å². The van der Waals surface area contributed by atoms with Gasteiger partial charge in [-0.3, -0.25) is 4.79 Å². The van der Waals surface area contributed by atoms with Gasteiger partial charge in [-0.2, -0.15) is 13.2 Å². The third kappa shape index (κ3) is 5.60. The third-order valence-corrected chi connectivity index (χ3v) is 6.87. The molecule has 5 rings (SSSR count). The number of hydrogen-bond acceptors (Lipinski definition) is 5. The van der Waals surface area contributed by atoms with Crippen molar-refractivity contribution in [2.75, 3.05) is 48.3 Å². The van der Waals surface area contributed by atoms with E-state index in [1.165, 1.54) is 12.3 Å². The van der Waals surface area contributed by atoms with Crippen molar-refractivity contribution in [3.05, 3.63) is 77.6 Å². The van der Waals surface area contributed by atoms with E-state index in [0.717, 1.165) is 36.7 Å². The highest BCUT2D eigenvalue weighted by atomic mass is 19.4. The Morgan fingerprint density at radius 2 is 1.82 bits per heavy atom. The Morgan fingerprint density at radius 3 is 2.55 bits per heavy atom. The maximum atomic E-state index is 13.8. The Balaban J connectivity index is 1.38. The number of halogens is 3. The van der Waals surface area contributed by atoms with Gasteiger partial charge in [0.15, 0.2) is 0 Å².